The van der Waals surface area contributed by atoms with Gasteiger partial charge in [-0.15, -0.1) is 0 Å². The van der Waals surface area contributed by atoms with Gasteiger partial charge in [-0.2, -0.15) is 0 Å². The normalized spacial score (nSPS) is 11.3. The topological polar surface area (TPSA) is 105 Å². The van der Waals surface area contributed by atoms with E-state index in [1.165, 1.54) is 77.0 Å². The lowest BCUT2D eigenvalue weighted by molar-refractivity contribution is -0.150. The van der Waals surface area contributed by atoms with Gasteiger partial charge in [-0.1, -0.05) is 117 Å². The molecule has 8 nitrogen and oxygen atoms in total. The Morgan fingerprint density at radius 2 is 1.04 bits per heavy atom. The molecule has 0 heterocycles. The predicted molar refractivity (Wildman–Crippen MR) is 186 cm³/mol. The summed E-state index contributed by atoms with van der Waals surface area (Å²) in [6.45, 7) is 7.52. The molecule has 0 aromatic carbocycles. The van der Waals surface area contributed by atoms with E-state index >= 15 is 0 Å². The number of hydrogen-bond acceptors (Lipinski definition) is 6. The Morgan fingerprint density at radius 1 is 0.600 bits per heavy atom. The van der Waals surface area contributed by atoms with Crippen LogP contribution in [0.25, 0.3) is 0 Å². The molecular weight excluding hydrogens is 568 g/mol. The van der Waals surface area contributed by atoms with E-state index in [1.807, 2.05) is 0 Å². The number of nitrogens with zero attached hydrogens (tertiary/aromatic N) is 1. The summed E-state index contributed by atoms with van der Waals surface area (Å²) in [7, 11) is 1.56. The lowest BCUT2D eigenvalue weighted by Crippen LogP contribution is -2.31. The highest BCUT2D eigenvalue weighted by atomic mass is 16.5. The lowest BCUT2D eigenvalue weighted by Gasteiger charge is -2.22. The van der Waals surface area contributed by atoms with Crippen molar-refractivity contribution in [1.82, 2.24) is 10.2 Å². The first-order valence-electron chi connectivity index (χ1n) is 18.9. The van der Waals surface area contributed by atoms with Crippen molar-refractivity contribution >= 4 is 18.0 Å². The van der Waals surface area contributed by atoms with E-state index in [-0.39, 0.29) is 18.5 Å². The molecule has 0 saturated carbocycles. The maximum absolute atomic E-state index is 12.7. The van der Waals surface area contributed by atoms with Gasteiger partial charge in [0.15, 0.2) is 0 Å². The Morgan fingerprint density at radius 3 is 1.53 bits per heavy atom. The van der Waals surface area contributed by atoms with Crippen molar-refractivity contribution in [1.29, 1.82) is 0 Å². The standard InChI is InChI=1S/C37H72N2O6/c1-4-6-8-10-14-20-26-34(27-21-15-11-9-7-5-2)45-36(42)29-23-17-13-19-25-31-39(32-33-44-37(43)38-3)30-24-18-12-16-22-28-35(40)41/h34H,4-33H2,1-3H3,(H,38,43)(H,40,41). The first-order valence-corrected chi connectivity index (χ1v) is 18.9. The molecule has 0 aliphatic carbocycles. The molecule has 0 fully saturated rings. The number of carboxylic acid groups (broad SMARTS) is 1. The molecule has 0 spiro atoms. The third-order valence-electron chi connectivity index (χ3n) is 8.62. The van der Waals surface area contributed by atoms with E-state index in [1.54, 1.807) is 7.05 Å². The number of carboxylic acids is 1. The molecule has 0 rings (SSSR count). The van der Waals surface area contributed by atoms with Gasteiger partial charge in [-0.3, -0.25) is 14.5 Å². The number of aliphatic carboxylic acids is 1. The second kappa shape index (κ2) is 33.5. The minimum atomic E-state index is -0.719. The van der Waals surface area contributed by atoms with Crippen LogP contribution in [0.5, 0.6) is 0 Å². The molecule has 0 aromatic rings. The number of esters is 1. The Hall–Kier alpha value is -1.83. The van der Waals surface area contributed by atoms with Crippen molar-refractivity contribution in [2.24, 2.45) is 0 Å². The fourth-order valence-electron chi connectivity index (χ4n) is 5.76. The Kier molecular flexibility index (Phi) is 32.2. The number of carbonyl (C=O) groups is 3. The number of nitrogens with one attached hydrogen (secondary N) is 1. The third-order valence-corrected chi connectivity index (χ3v) is 8.62. The fraction of sp³-hybridized carbons (Fsp3) is 0.919. The number of unbranched alkanes of at least 4 members (excludes halogenated alkanes) is 18. The predicted octanol–water partition coefficient (Wildman–Crippen LogP) is 9.82. The van der Waals surface area contributed by atoms with Crippen LogP contribution in [-0.4, -0.2) is 67.4 Å². The van der Waals surface area contributed by atoms with Gasteiger partial charge in [0.2, 0.25) is 0 Å². The summed E-state index contributed by atoms with van der Waals surface area (Å²) in [5.41, 5.74) is 0. The van der Waals surface area contributed by atoms with Crippen molar-refractivity contribution in [3.8, 4) is 0 Å². The highest BCUT2D eigenvalue weighted by molar-refractivity contribution is 5.69. The van der Waals surface area contributed by atoms with E-state index in [2.05, 4.69) is 24.1 Å². The van der Waals surface area contributed by atoms with Crippen LogP contribution in [0.2, 0.25) is 0 Å². The SMILES string of the molecule is CCCCCCCCC(CCCCCCCC)OC(=O)CCCCCCCN(CCCCCCCC(=O)O)CCOC(=O)NC. The third kappa shape index (κ3) is 31.9. The smallest absolute Gasteiger partial charge is 0.406 e. The number of hydrogen-bond donors (Lipinski definition) is 2. The van der Waals surface area contributed by atoms with Crippen LogP contribution in [0.4, 0.5) is 4.79 Å². The summed E-state index contributed by atoms with van der Waals surface area (Å²) in [5, 5.41) is 11.3. The molecule has 0 aliphatic rings. The van der Waals surface area contributed by atoms with Gasteiger partial charge in [0.05, 0.1) is 0 Å². The molecular formula is C37H72N2O6. The molecule has 1 amide bonds. The molecule has 45 heavy (non-hydrogen) atoms. The minimum Gasteiger partial charge on any atom is -0.481 e. The second-order valence-corrected chi connectivity index (χ2v) is 12.9. The highest BCUT2D eigenvalue weighted by Crippen LogP contribution is 2.18. The van der Waals surface area contributed by atoms with E-state index in [0.717, 1.165) is 96.7 Å². The maximum Gasteiger partial charge on any atom is 0.406 e. The van der Waals surface area contributed by atoms with Crippen LogP contribution in [0.1, 0.15) is 181 Å². The molecule has 266 valence electrons. The Bertz CT molecular complexity index is 674. The number of ether oxygens (including phenoxy) is 2. The highest BCUT2D eigenvalue weighted by Gasteiger charge is 2.14. The summed E-state index contributed by atoms with van der Waals surface area (Å²) in [5.74, 6) is -0.731. The average molecular weight is 641 g/mol. The molecule has 2 N–H and O–H groups in total. The number of amides is 1. The van der Waals surface area contributed by atoms with Crippen LogP contribution in [0, 0.1) is 0 Å². The van der Waals surface area contributed by atoms with E-state index in [4.69, 9.17) is 14.6 Å². The Labute approximate surface area is 277 Å². The summed E-state index contributed by atoms with van der Waals surface area (Å²) in [6.07, 6.45) is 27.9. The first kappa shape index (κ1) is 43.2. The number of alkyl carbamates (subject to hydrolysis) is 1. The second-order valence-electron chi connectivity index (χ2n) is 12.9. The molecule has 0 unspecified atom stereocenters. The van der Waals surface area contributed by atoms with Crippen LogP contribution in [-0.2, 0) is 19.1 Å². The fourth-order valence-corrected chi connectivity index (χ4v) is 5.76. The van der Waals surface area contributed by atoms with E-state index in [9.17, 15) is 14.4 Å². The van der Waals surface area contributed by atoms with Gasteiger partial charge in [-0.05, 0) is 64.5 Å². The van der Waals surface area contributed by atoms with Crippen LogP contribution < -0.4 is 5.32 Å². The van der Waals surface area contributed by atoms with Crippen LogP contribution in [0.15, 0.2) is 0 Å². The van der Waals surface area contributed by atoms with Crippen molar-refractivity contribution in [2.45, 2.75) is 187 Å². The maximum atomic E-state index is 12.7. The van der Waals surface area contributed by atoms with E-state index in [0.29, 0.717) is 13.0 Å². The van der Waals surface area contributed by atoms with E-state index < -0.39 is 12.1 Å². The molecule has 0 radical (unpaired) electrons. The average Bonchev–Trinajstić information content (AvgIpc) is 3.02. The van der Waals surface area contributed by atoms with Crippen molar-refractivity contribution in [3.05, 3.63) is 0 Å². The van der Waals surface area contributed by atoms with Crippen LogP contribution >= 0.6 is 0 Å². The van der Waals surface area contributed by atoms with Gasteiger partial charge < -0.3 is 19.9 Å². The summed E-state index contributed by atoms with van der Waals surface area (Å²) < 4.78 is 11.2. The molecule has 0 bridgehead atoms. The molecule has 0 atom stereocenters. The monoisotopic (exact) mass is 641 g/mol. The summed E-state index contributed by atoms with van der Waals surface area (Å²) in [6, 6.07) is 0. The Balaban J connectivity index is 4.28. The van der Waals surface area contributed by atoms with Crippen molar-refractivity contribution < 1.29 is 29.0 Å². The first-order chi connectivity index (χ1) is 21.9. The summed E-state index contributed by atoms with van der Waals surface area (Å²) >= 11 is 0. The number of carbonyl (C=O) groups excluding carboxylic acids is 2. The number of rotatable bonds is 34. The van der Waals surface area contributed by atoms with Gasteiger partial charge in [-0.25, -0.2) is 4.79 Å². The van der Waals surface area contributed by atoms with Gasteiger partial charge in [0, 0.05) is 26.4 Å². The zero-order valence-electron chi connectivity index (χ0n) is 29.7. The van der Waals surface area contributed by atoms with Crippen molar-refractivity contribution in [2.75, 3.05) is 33.3 Å². The van der Waals surface area contributed by atoms with Crippen LogP contribution in [0.3, 0.4) is 0 Å². The largest absolute Gasteiger partial charge is 0.481 e. The zero-order chi connectivity index (χ0) is 33.2. The van der Waals surface area contributed by atoms with Gasteiger partial charge >= 0.3 is 18.0 Å². The molecule has 0 saturated heterocycles. The van der Waals surface area contributed by atoms with Crippen molar-refractivity contribution in [3.63, 3.8) is 0 Å². The minimum absolute atomic E-state index is 0.0118. The zero-order valence-corrected chi connectivity index (χ0v) is 29.7. The van der Waals surface area contributed by atoms with Gasteiger partial charge in [0.25, 0.3) is 0 Å². The molecule has 8 heteroatoms. The summed E-state index contributed by atoms with van der Waals surface area (Å²) in [4.78, 5) is 37.1. The van der Waals surface area contributed by atoms with Gasteiger partial charge in [0.1, 0.15) is 12.7 Å². The molecule has 0 aromatic heterocycles. The quantitative estimate of drug-likeness (QED) is 0.0533. The lowest BCUT2D eigenvalue weighted by atomic mass is 10.0. The molecule has 0 aliphatic heterocycles.